The fraction of sp³-hybridized carbons (Fsp3) is 1.00. The Morgan fingerprint density at radius 2 is 1.94 bits per heavy atom. The summed E-state index contributed by atoms with van der Waals surface area (Å²) in [5, 5.41) is 5.50. The summed E-state index contributed by atoms with van der Waals surface area (Å²) in [7, 11) is 0. The first kappa shape index (κ1) is 15.1. The lowest BCUT2D eigenvalue weighted by Gasteiger charge is -2.41. The highest BCUT2D eigenvalue weighted by molar-refractivity contribution is 8.07. The van der Waals surface area contributed by atoms with E-state index in [4.69, 9.17) is 0 Å². The third-order valence-electron chi connectivity index (χ3n) is 4.52. The Balaban J connectivity index is 2.01. The van der Waals surface area contributed by atoms with Crippen LogP contribution in [0.25, 0.3) is 0 Å². The van der Waals surface area contributed by atoms with Crippen LogP contribution in [0.1, 0.15) is 46.5 Å². The fourth-order valence-electron chi connectivity index (χ4n) is 3.64. The van der Waals surface area contributed by atoms with Crippen LogP contribution in [0.2, 0.25) is 0 Å². The summed E-state index contributed by atoms with van der Waals surface area (Å²) in [6.45, 7) is 8.29. The van der Waals surface area contributed by atoms with E-state index in [-0.39, 0.29) is 0 Å². The van der Waals surface area contributed by atoms with Crippen LogP contribution in [0.4, 0.5) is 0 Å². The van der Waals surface area contributed by atoms with Gasteiger partial charge in [0.15, 0.2) is 0 Å². The lowest BCUT2D eigenvalue weighted by molar-refractivity contribution is 0.220. The van der Waals surface area contributed by atoms with Crippen molar-refractivity contribution in [2.45, 2.75) is 63.0 Å². The highest BCUT2D eigenvalue weighted by Gasteiger charge is 2.36. The van der Waals surface area contributed by atoms with Crippen LogP contribution < -0.4 is 5.32 Å². The second-order valence-electron chi connectivity index (χ2n) is 6.03. The van der Waals surface area contributed by atoms with E-state index in [1.165, 1.54) is 37.2 Å². The molecule has 106 valence electrons. The Labute approximate surface area is 122 Å². The summed E-state index contributed by atoms with van der Waals surface area (Å²) < 4.78 is 0. The zero-order valence-electron chi connectivity index (χ0n) is 12.2. The molecule has 0 bridgehead atoms. The minimum Gasteiger partial charge on any atom is -0.313 e. The fourth-order valence-corrected chi connectivity index (χ4v) is 6.68. The average molecular weight is 288 g/mol. The topological polar surface area (TPSA) is 12.0 Å². The van der Waals surface area contributed by atoms with E-state index in [2.05, 4.69) is 49.6 Å². The van der Waals surface area contributed by atoms with Gasteiger partial charge in [0.25, 0.3) is 0 Å². The zero-order chi connectivity index (χ0) is 13.0. The smallest absolute Gasteiger partial charge is 0.0320 e. The average Bonchev–Trinajstić information content (AvgIpc) is 2.37. The molecule has 1 N–H and O–H groups in total. The van der Waals surface area contributed by atoms with Gasteiger partial charge < -0.3 is 5.32 Å². The molecule has 2 rings (SSSR count). The van der Waals surface area contributed by atoms with Crippen molar-refractivity contribution in [3.05, 3.63) is 0 Å². The standard InChI is InChI=1S/C15H29NS2/c1-4-16-14(13-7-5-6-11(2)10-13)15-12(3)17-8-9-18-15/h11-16H,4-10H2,1-3H3. The Bertz CT molecular complexity index is 247. The molecule has 1 aliphatic heterocycles. The monoisotopic (exact) mass is 287 g/mol. The first-order valence-electron chi connectivity index (χ1n) is 7.69. The molecule has 0 aromatic heterocycles. The van der Waals surface area contributed by atoms with Gasteiger partial charge >= 0.3 is 0 Å². The predicted molar refractivity (Wildman–Crippen MR) is 86.8 cm³/mol. The van der Waals surface area contributed by atoms with Gasteiger partial charge in [-0.05, 0) is 31.2 Å². The summed E-state index contributed by atoms with van der Waals surface area (Å²) >= 11 is 4.42. The number of hydrogen-bond donors (Lipinski definition) is 1. The molecule has 0 radical (unpaired) electrons. The SMILES string of the molecule is CCNC(C1CCCC(C)C1)C1SCCSC1C. The van der Waals surface area contributed by atoms with Gasteiger partial charge in [-0.3, -0.25) is 0 Å². The molecule has 3 heteroatoms. The zero-order valence-corrected chi connectivity index (χ0v) is 13.8. The molecule has 1 aliphatic carbocycles. The Kier molecular flexibility index (Phi) is 6.23. The summed E-state index contributed by atoms with van der Waals surface area (Å²) in [6.07, 6.45) is 5.81. The molecule has 0 aromatic carbocycles. The Morgan fingerprint density at radius 1 is 1.17 bits per heavy atom. The Hall–Kier alpha value is 0.660. The first-order chi connectivity index (χ1) is 8.72. The van der Waals surface area contributed by atoms with Crippen LogP contribution in [-0.2, 0) is 0 Å². The Morgan fingerprint density at radius 3 is 2.61 bits per heavy atom. The maximum Gasteiger partial charge on any atom is 0.0320 e. The number of rotatable bonds is 4. The van der Waals surface area contributed by atoms with Crippen molar-refractivity contribution in [2.24, 2.45) is 11.8 Å². The molecule has 2 fully saturated rings. The highest BCUT2D eigenvalue weighted by Crippen LogP contribution is 2.39. The quantitative estimate of drug-likeness (QED) is 0.838. The normalized spacial score (nSPS) is 39.5. The maximum absolute atomic E-state index is 3.84. The molecule has 0 aromatic rings. The second kappa shape index (κ2) is 7.44. The molecule has 0 spiro atoms. The van der Waals surface area contributed by atoms with E-state index < -0.39 is 0 Å². The van der Waals surface area contributed by atoms with E-state index in [1.54, 1.807) is 0 Å². The van der Waals surface area contributed by atoms with E-state index in [1.807, 2.05) is 0 Å². The molecular formula is C15H29NS2. The highest BCUT2D eigenvalue weighted by atomic mass is 32.2. The molecule has 1 saturated heterocycles. The molecule has 0 amide bonds. The second-order valence-corrected chi connectivity index (χ2v) is 8.80. The largest absolute Gasteiger partial charge is 0.313 e. The molecule has 2 aliphatic rings. The first-order valence-corrected chi connectivity index (χ1v) is 9.78. The van der Waals surface area contributed by atoms with Crippen LogP contribution in [0.5, 0.6) is 0 Å². The van der Waals surface area contributed by atoms with Crippen LogP contribution in [-0.4, -0.2) is 34.6 Å². The number of thioether (sulfide) groups is 2. The molecule has 18 heavy (non-hydrogen) atoms. The van der Waals surface area contributed by atoms with Crippen molar-refractivity contribution in [2.75, 3.05) is 18.1 Å². The van der Waals surface area contributed by atoms with Gasteiger partial charge in [-0.25, -0.2) is 0 Å². The lowest BCUT2D eigenvalue weighted by atomic mass is 9.77. The molecule has 5 unspecified atom stereocenters. The van der Waals surface area contributed by atoms with Crippen molar-refractivity contribution in [1.82, 2.24) is 5.32 Å². The number of nitrogens with one attached hydrogen (secondary N) is 1. The van der Waals surface area contributed by atoms with Crippen LogP contribution in [0, 0.1) is 11.8 Å². The predicted octanol–water partition coefficient (Wildman–Crippen LogP) is 4.03. The maximum atomic E-state index is 3.84. The van der Waals surface area contributed by atoms with Gasteiger partial charge in [0.1, 0.15) is 0 Å². The van der Waals surface area contributed by atoms with E-state index in [9.17, 15) is 0 Å². The molecular weight excluding hydrogens is 258 g/mol. The summed E-state index contributed by atoms with van der Waals surface area (Å²) in [6, 6.07) is 0.755. The number of hydrogen-bond acceptors (Lipinski definition) is 3. The summed E-state index contributed by atoms with van der Waals surface area (Å²) in [4.78, 5) is 0. The van der Waals surface area contributed by atoms with Gasteiger partial charge in [-0.1, -0.05) is 33.6 Å². The van der Waals surface area contributed by atoms with Gasteiger partial charge in [-0.2, -0.15) is 23.5 Å². The minimum absolute atomic E-state index is 0.755. The van der Waals surface area contributed by atoms with E-state index in [0.717, 1.165) is 34.9 Å². The van der Waals surface area contributed by atoms with Crippen molar-refractivity contribution in [3.63, 3.8) is 0 Å². The summed E-state index contributed by atoms with van der Waals surface area (Å²) in [5.74, 6) is 4.57. The van der Waals surface area contributed by atoms with Crippen LogP contribution in [0.15, 0.2) is 0 Å². The third-order valence-corrected chi connectivity index (χ3v) is 7.73. The van der Waals surface area contributed by atoms with Crippen molar-refractivity contribution < 1.29 is 0 Å². The molecule has 5 atom stereocenters. The van der Waals surface area contributed by atoms with E-state index >= 15 is 0 Å². The van der Waals surface area contributed by atoms with Crippen LogP contribution >= 0.6 is 23.5 Å². The van der Waals surface area contributed by atoms with Gasteiger partial charge in [0, 0.05) is 28.0 Å². The molecule has 1 heterocycles. The van der Waals surface area contributed by atoms with Gasteiger partial charge in [0.2, 0.25) is 0 Å². The van der Waals surface area contributed by atoms with Gasteiger partial charge in [-0.15, -0.1) is 0 Å². The van der Waals surface area contributed by atoms with Crippen molar-refractivity contribution >= 4 is 23.5 Å². The summed E-state index contributed by atoms with van der Waals surface area (Å²) in [5.41, 5.74) is 0. The van der Waals surface area contributed by atoms with Gasteiger partial charge in [0.05, 0.1) is 0 Å². The third kappa shape index (κ3) is 3.83. The molecule has 1 nitrogen and oxygen atoms in total. The minimum atomic E-state index is 0.755. The van der Waals surface area contributed by atoms with Crippen molar-refractivity contribution in [1.29, 1.82) is 0 Å². The van der Waals surface area contributed by atoms with Crippen molar-refractivity contribution in [3.8, 4) is 0 Å². The van der Waals surface area contributed by atoms with Crippen LogP contribution in [0.3, 0.4) is 0 Å². The lowest BCUT2D eigenvalue weighted by Crippen LogP contribution is -2.49. The van der Waals surface area contributed by atoms with E-state index in [0.29, 0.717) is 0 Å². The molecule has 1 saturated carbocycles.